The Bertz CT molecular complexity index is 407. The van der Waals surface area contributed by atoms with E-state index < -0.39 is 0 Å². The first-order valence-corrected chi connectivity index (χ1v) is 3.87. The number of rotatable bonds is 1. The number of hydrogen-bond donors (Lipinski definition) is 1. The average Bonchev–Trinajstić information content (AvgIpc) is 2.02. The molecule has 0 radical (unpaired) electrons. The summed E-state index contributed by atoms with van der Waals surface area (Å²) >= 11 is 5.60. The Morgan fingerprint density at radius 1 is 1.62 bits per heavy atom. The second kappa shape index (κ2) is 3.46. The van der Waals surface area contributed by atoms with Gasteiger partial charge in [0.15, 0.2) is 5.78 Å². The Kier molecular flexibility index (Phi) is 2.54. The number of carbonyl (C=O) groups is 1. The van der Waals surface area contributed by atoms with Crippen molar-refractivity contribution in [2.24, 2.45) is 0 Å². The third-order valence-corrected chi connectivity index (χ3v) is 1.79. The minimum atomic E-state index is -0.297. The van der Waals surface area contributed by atoms with E-state index in [1.807, 2.05) is 0 Å². The standard InChI is InChI=1S/C9H6ClNO2/c1-5(12)7-2-6(10)3-9(13)8(7)4-11/h2-3,13H,1H3. The van der Waals surface area contributed by atoms with Crippen molar-refractivity contribution < 1.29 is 9.90 Å². The van der Waals surface area contributed by atoms with Crippen molar-refractivity contribution in [1.29, 1.82) is 5.26 Å². The summed E-state index contributed by atoms with van der Waals surface area (Å²) in [5.41, 5.74) is 0.115. The monoisotopic (exact) mass is 195 g/mol. The van der Waals surface area contributed by atoms with E-state index in [2.05, 4.69) is 0 Å². The lowest BCUT2D eigenvalue weighted by Gasteiger charge is -2.02. The Morgan fingerprint density at radius 3 is 2.69 bits per heavy atom. The molecule has 4 heteroatoms. The van der Waals surface area contributed by atoms with Gasteiger partial charge in [0.2, 0.25) is 0 Å². The van der Waals surface area contributed by atoms with Crippen LogP contribution in [-0.2, 0) is 0 Å². The molecule has 0 spiro atoms. The first-order valence-electron chi connectivity index (χ1n) is 3.50. The smallest absolute Gasteiger partial charge is 0.161 e. The zero-order chi connectivity index (χ0) is 10.0. The molecule has 66 valence electrons. The molecule has 1 aromatic carbocycles. The van der Waals surface area contributed by atoms with E-state index in [-0.39, 0.29) is 27.7 Å². The molecule has 0 atom stereocenters. The maximum absolute atomic E-state index is 11.0. The predicted molar refractivity (Wildman–Crippen MR) is 47.8 cm³/mol. The van der Waals surface area contributed by atoms with Gasteiger partial charge >= 0.3 is 0 Å². The van der Waals surface area contributed by atoms with Crippen LogP contribution in [0, 0.1) is 11.3 Å². The zero-order valence-electron chi connectivity index (χ0n) is 6.84. The van der Waals surface area contributed by atoms with Gasteiger partial charge in [-0.3, -0.25) is 4.79 Å². The number of phenols is 1. The van der Waals surface area contributed by atoms with Crippen molar-refractivity contribution >= 4 is 17.4 Å². The van der Waals surface area contributed by atoms with Gasteiger partial charge in [-0.2, -0.15) is 5.26 Å². The quantitative estimate of drug-likeness (QED) is 0.699. The molecule has 1 aromatic rings. The normalized spacial score (nSPS) is 9.31. The predicted octanol–water partition coefficient (Wildman–Crippen LogP) is 2.12. The van der Waals surface area contributed by atoms with Gasteiger partial charge in [-0.05, 0) is 19.1 Å². The molecule has 0 unspecified atom stereocenters. The molecule has 0 fully saturated rings. The van der Waals surface area contributed by atoms with E-state index in [1.54, 1.807) is 6.07 Å². The molecule has 0 bridgehead atoms. The van der Waals surface area contributed by atoms with Crippen molar-refractivity contribution in [2.45, 2.75) is 6.92 Å². The van der Waals surface area contributed by atoms with Gasteiger partial charge in [0.1, 0.15) is 17.4 Å². The second-order valence-electron chi connectivity index (χ2n) is 2.52. The van der Waals surface area contributed by atoms with Gasteiger partial charge in [-0.25, -0.2) is 0 Å². The van der Waals surface area contributed by atoms with Crippen molar-refractivity contribution in [3.63, 3.8) is 0 Å². The van der Waals surface area contributed by atoms with Gasteiger partial charge in [-0.1, -0.05) is 11.6 Å². The van der Waals surface area contributed by atoms with Crippen LogP contribution in [0.25, 0.3) is 0 Å². The van der Waals surface area contributed by atoms with Gasteiger partial charge < -0.3 is 5.11 Å². The van der Waals surface area contributed by atoms with E-state index in [4.69, 9.17) is 16.9 Å². The summed E-state index contributed by atoms with van der Waals surface area (Å²) in [6.07, 6.45) is 0. The minimum absolute atomic E-state index is 0.0306. The molecule has 0 aromatic heterocycles. The van der Waals surface area contributed by atoms with Crippen LogP contribution in [0.5, 0.6) is 5.75 Å². The largest absolute Gasteiger partial charge is 0.506 e. The summed E-state index contributed by atoms with van der Waals surface area (Å²) in [4.78, 5) is 11.0. The molecule has 3 nitrogen and oxygen atoms in total. The number of carbonyl (C=O) groups excluding carboxylic acids is 1. The number of benzene rings is 1. The molecule has 0 aliphatic carbocycles. The van der Waals surface area contributed by atoms with E-state index in [1.165, 1.54) is 19.1 Å². The number of hydrogen-bond acceptors (Lipinski definition) is 3. The number of ketones is 1. The number of nitriles is 1. The fourth-order valence-corrected chi connectivity index (χ4v) is 1.20. The average molecular weight is 196 g/mol. The lowest BCUT2D eigenvalue weighted by molar-refractivity contribution is 0.101. The third kappa shape index (κ3) is 1.79. The number of phenolic OH excluding ortho intramolecular Hbond substituents is 1. The van der Waals surface area contributed by atoms with Crippen molar-refractivity contribution in [3.8, 4) is 11.8 Å². The van der Waals surface area contributed by atoms with Crippen LogP contribution in [0.1, 0.15) is 22.8 Å². The zero-order valence-corrected chi connectivity index (χ0v) is 7.59. The van der Waals surface area contributed by atoms with Gasteiger partial charge in [-0.15, -0.1) is 0 Å². The topological polar surface area (TPSA) is 61.1 Å². The van der Waals surface area contributed by atoms with E-state index >= 15 is 0 Å². The summed E-state index contributed by atoms with van der Waals surface area (Å²) < 4.78 is 0. The first kappa shape index (κ1) is 9.56. The molecular weight excluding hydrogens is 190 g/mol. The molecule has 0 amide bonds. The molecule has 0 aliphatic rings. The minimum Gasteiger partial charge on any atom is -0.506 e. The molecule has 1 rings (SSSR count). The van der Waals surface area contributed by atoms with Crippen LogP contribution in [0.15, 0.2) is 12.1 Å². The maximum Gasteiger partial charge on any atom is 0.161 e. The van der Waals surface area contributed by atoms with E-state index in [0.29, 0.717) is 0 Å². The highest BCUT2D eigenvalue weighted by molar-refractivity contribution is 6.31. The summed E-state index contributed by atoms with van der Waals surface area (Å²) in [7, 11) is 0. The Hall–Kier alpha value is -1.53. The number of nitrogens with zero attached hydrogens (tertiary/aromatic N) is 1. The van der Waals surface area contributed by atoms with Crippen LogP contribution in [-0.4, -0.2) is 10.9 Å². The molecule has 0 saturated carbocycles. The summed E-state index contributed by atoms with van der Waals surface area (Å²) in [5.74, 6) is -0.561. The molecule has 0 heterocycles. The van der Waals surface area contributed by atoms with E-state index in [9.17, 15) is 9.90 Å². The second-order valence-corrected chi connectivity index (χ2v) is 2.95. The van der Waals surface area contributed by atoms with Crippen LogP contribution in [0.4, 0.5) is 0 Å². The van der Waals surface area contributed by atoms with E-state index in [0.717, 1.165) is 0 Å². The molecular formula is C9H6ClNO2. The number of halogens is 1. The Balaban J connectivity index is 3.50. The summed E-state index contributed by atoms with van der Waals surface area (Å²) in [5, 5.41) is 18.1. The highest BCUT2D eigenvalue weighted by Crippen LogP contribution is 2.25. The number of Topliss-reactive ketones (excluding diaryl/α,β-unsaturated/α-hetero) is 1. The molecule has 0 saturated heterocycles. The van der Waals surface area contributed by atoms with Crippen LogP contribution < -0.4 is 0 Å². The molecule has 1 N–H and O–H groups in total. The maximum atomic E-state index is 11.0. The highest BCUT2D eigenvalue weighted by atomic mass is 35.5. The number of aromatic hydroxyl groups is 1. The Morgan fingerprint density at radius 2 is 2.23 bits per heavy atom. The first-order chi connectivity index (χ1) is 6.06. The van der Waals surface area contributed by atoms with Crippen molar-refractivity contribution in [1.82, 2.24) is 0 Å². The summed E-state index contributed by atoms with van der Waals surface area (Å²) in [6.45, 7) is 1.31. The van der Waals surface area contributed by atoms with Gasteiger partial charge in [0, 0.05) is 10.6 Å². The third-order valence-electron chi connectivity index (χ3n) is 1.57. The Labute approximate surface area is 80.2 Å². The fourth-order valence-electron chi connectivity index (χ4n) is 0.988. The molecule has 13 heavy (non-hydrogen) atoms. The van der Waals surface area contributed by atoms with Gasteiger partial charge in [0.25, 0.3) is 0 Å². The lowest BCUT2D eigenvalue weighted by atomic mass is 10.0. The van der Waals surface area contributed by atoms with Gasteiger partial charge in [0.05, 0.1) is 0 Å². The molecule has 0 aliphatic heterocycles. The SMILES string of the molecule is CC(=O)c1cc(Cl)cc(O)c1C#N. The van der Waals surface area contributed by atoms with Crippen molar-refractivity contribution in [3.05, 3.63) is 28.3 Å². The van der Waals surface area contributed by atoms with Crippen molar-refractivity contribution in [2.75, 3.05) is 0 Å². The van der Waals surface area contributed by atoms with Crippen LogP contribution in [0.2, 0.25) is 5.02 Å². The fraction of sp³-hybridized carbons (Fsp3) is 0.111. The highest BCUT2D eigenvalue weighted by Gasteiger charge is 2.12. The summed E-state index contributed by atoms with van der Waals surface area (Å²) in [6, 6.07) is 4.33. The van der Waals surface area contributed by atoms with Crippen LogP contribution in [0.3, 0.4) is 0 Å². The lowest BCUT2D eigenvalue weighted by Crippen LogP contribution is -1.96. The van der Waals surface area contributed by atoms with Crippen LogP contribution >= 0.6 is 11.6 Å².